The van der Waals surface area contributed by atoms with Crippen LogP contribution in [0.25, 0.3) is 0 Å². The first-order chi connectivity index (χ1) is 18.6. The maximum absolute atomic E-state index is 13.1. The summed E-state index contributed by atoms with van der Waals surface area (Å²) in [6.45, 7) is 0.588. The van der Waals surface area contributed by atoms with Crippen LogP contribution < -0.4 is 32.7 Å². The number of phenols is 1. The Morgan fingerprint density at radius 1 is 0.800 bits per heavy atom. The topological polar surface area (TPSA) is 301 Å². The third-order valence-corrected chi connectivity index (χ3v) is 5.31. The van der Waals surface area contributed by atoms with Gasteiger partial charge in [0.15, 0.2) is 0 Å². The molecule has 17 nitrogen and oxygen atoms in total. The van der Waals surface area contributed by atoms with E-state index < -0.39 is 91.1 Å². The molecule has 17 heteroatoms. The number of aliphatic carboxylic acids is 2. The fourth-order valence-electron chi connectivity index (χ4n) is 3.31. The van der Waals surface area contributed by atoms with Gasteiger partial charge in [0, 0.05) is 6.42 Å². The van der Waals surface area contributed by atoms with Gasteiger partial charge in [-0.15, -0.1) is 0 Å². The molecule has 0 aromatic heterocycles. The number of nitrogens with one attached hydrogen (secondary N) is 4. The van der Waals surface area contributed by atoms with E-state index in [0.29, 0.717) is 5.56 Å². The van der Waals surface area contributed by atoms with Gasteiger partial charge in [-0.3, -0.25) is 28.8 Å². The molecule has 1 aromatic rings. The summed E-state index contributed by atoms with van der Waals surface area (Å²) in [5.74, 6) is -8.40. The number of nitrogens with two attached hydrogens (primary N) is 2. The Bertz CT molecular complexity index is 1110. The molecule has 0 fully saturated rings. The normalized spacial score (nSPS) is 14.4. The first kappa shape index (κ1) is 33.3. The average molecular weight is 569 g/mol. The van der Waals surface area contributed by atoms with E-state index >= 15 is 0 Å². The second-order valence-corrected chi connectivity index (χ2v) is 8.65. The summed E-state index contributed by atoms with van der Waals surface area (Å²) in [5.41, 5.74) is 10.7. The summed E-state index contributed by atoms with van der Waals surface area (Å²) in [5, 5.41) is 46.5. The molecule has 0 aliphatic heterocycles. The fourth-order valence-corrected chi connectivity index (χ4v) is 3.31. The lowest BCUT2D eigenvalue weighted by Gasteiger charge is -2.27. The Labute approximate surface area is 227 Å². The second-order valence-electron chi connectivity index (χ2n) is 8.65. The van der Waals surface area contributed by atoms with Crippen LogP contribution in [0.2, 0.25) is 0 Å². The smallest absolute Gasteiger partial charge is 0.326 e. The summed E-state index contributed by atoms with van der Waals surface area (Å²) >= 11 is 0. The predicted octanol–water partition coefficient (Wildman–Crippen LogP) is -4.35. The number of carbonyl (C=O) groups is 7. The van der Waals surface area contributed by atoms with Gasteiger partial charge in [-0.25, -0.2) is 4.79 Å². The van der Waals surface area contributed by atoms with Crippen LogP contribution in [-0.4, -0.2) is 98.7 Å². The van der Waals surface area contributed by atoms with Crippen LogP contribution >= 0.6 is 0 Å². The first-order valence-corrected chi connectivity index (χ1v) is 11.7. The number of aliphatic hydroxyl groups excluding tert-OH is 1. The quantitative estimate of drug-likeness (QED) is 0.0905. The van der Waals surface area contributed by atoms with Crippen LogP contribution in [0.5, 0.6) is 5.75 Å². The zero-order valence-corrected chi connectivity index (χ0v) is 21.3. The third-order valence-electron chi connectivity index (χ3n) is 5.31. The van der Waals surface area contributed by atoms with Crippen molar-refractivity contribution in [1.82, 2.24) is 21.3 Å². The van der Waals surface area contributed by atoms with E-state index in [1.165, 1.54) is 24.3 Å². The van der Waals surface area contributed by atoms with E-state index in [2.05, 4.69) is 16.0 Å². The molecule has 12 N–H and O–H groups in total. The van der Waals surface area contributed by atoms with Crippen LogP contribution in [0.3, 0.4) is 0 Å². The monoisotopic (exact) mass is 568 g/mol. The van der Waals surface area contributed by atoms with Crippen molar-refractivity contribution in [2.75, 3.05) is 6.54 Å². The molecule has 0 unspecified atom stereocenters. The van der Waals surface area contributed by atoms with E-state index in [4.69, 9.17) is 16.6 Å². The minimum absolute atomic E-state index is 0.106. The highest BCUT2D eigenvalue weighted by atomic mass is 16.4. The molecule has 5 amide bonds. The van der Waals surface area contributed by atoms with Gasteiger partial charge < -0.3 is 53.2 Å². The average Bonchev–Trinajstić information content (AvgIpc) is 2.86. The number of rotatable bonds is 16. The number of benzene rings is 1. The highest BCUT2D eigenvalue weighted by Gasteiger charge is 2.34. The van der Waals surface area contributed by atoms with Gasteiger partial charge in [0.1, 0.15) is 29.9 Å². The van der Waals surface area contributed by atoms with Crippen molar-refractivity contribution in [3.8, 4) is 5.75 Å². The minimum Gasteiger partial charge on any atom is -0.508 e. The molecular weight excluding hydrogens is 536 g/mol. The molecule has 1 rings (SSSR count). The second kappa shape index (κ2) is 15.6. The number of aromatic hydroxyl groups is 1. The highest BCUT2D eigenvalue weighted by Crippen LogP contribution is 2.12. The Balaban J connectivity index is 3.22. The molecule has 0 aliphatic rings. The summed E-state index contributed by atoms with van der Waals surface area (Å²) in [6, 6.07) is -1.34. The van der Waals surface area contributed by atoms with Crippen LogP contribution in [0.1, 0.15) is 25.3 Å². The lowest BCUT2D eigenvalue weighted by Crippen LogP contribution is -2.61. The van der Waals surface area contributed by atoms with Gasteiger partial charge in [-0.1, -0.05) is 12.1 Å². The van der Waals surface area contributed by atoms with Gasteiger partial charge in [0.25, 0.3) is 0 Å². The van der Waals surface area contributed by atoms with Crippen molar-refractivity contribution in [2.45, 2.75) is 56.5 Å². The number of aliphatic hydroxyl groups is 1. The van der Waals surface area contributed by atoms with Crippen molar-refractivity contribution in [3.05, 3.63) is 29.8 Å². The number of primary amides is 1. The van der Waals surface area contributed by atoms with Gasteiger partial charge in [0.05, 0.1) is 25.5 Å². The Morgan fingerprint density at radius 2 is 1.35 bits per heavy atom. The molecule has 0 radical (unpaired) electrons. The molecule has 40 heavy (non-hydrogen) atoms. The van der Waals surface area contributed by atoms with Crippen LogP contribution in [-0.2, 0) is 40.0 Å². The van der Waals surface area contributed by atoms with E-state index in [1.54, 1.807) is 0 Å². The molecule has 0 aliphatic carbocycles. The zero-order chi connectivity index (χ0) is 30.6. The van der Waals surface area contributed by atoms with Crippen LogP contribution in [0.4, 0.5) is 0 Å². The summed E-state index contributed by atoms with van der Waals surface area (Å²) in [7, 11) is 0. The summed E-state index contributed by atoms with van der Waals surface area (Å²) in [4.78, 5) is 84.2. The molecule has 0 saturated heterocycles. The zero-order valence-electron chi connectivity index (χ0n) is 21.3. The number of amides is 5. The molecule has 0 saturated carbocycles. The fraction of sp³-hybridized carbons (Fsp3) is 0.435. The number of carbonyl (C=O) groups excluding carboxylic acids is 5. The molecular formula is C23H32N6O11. The minimum atomic E-state index is -1.85. The Kier molecular flexibility index (Phi) is 13.0. The van der Waals surface area contributed by atoms with Crippen molar-refractivity contribution in [2.24, 2.45) is 11.5 Å². The van der Waals surface area contributed by atoms with Crippen LogP contribution in [0.15, 0.2) is 24.3 Å². The third kappa shape index (κ3) is 11.3. The van der Waals surface area contributed by atoms with E-state index in [-0.39, 0.29) is 12.2 Å². The van der Waals surface area contributed by atoms with Gasteiger partial charge >= 0.3 is 11.9 Å². The first-order valence-electron chi connectivity index (χ1n) is 11.7. The van der Waals surface area contributed by atoms with Crippen molar-refractivity contribution >= 4 is 41.5 Å². The molecule has 220 valence electrons. The summed E-state index contributed by atoms with van der Waals surface area (Å²) < 4.78 is 0. The molecule has 1 aromatic carbocycles. The maximum atomic E-state index is 13.1. The number of phenolic OH excluding ortho intramolecular Hbond substituents is 1. The SMILES string of the molecule is C[C@@H](O)[C@H](NC(=O)[C@H](CC(N)=O)NC(=O)CN)C(=O)N[C@@H](Cc1ccc(O)cc1)C(=O)N[C@@H](CC(=O)O)C(=O)O. The van der Waals surface area contributed by atoms with Gasteiger partial charge in [-0.05, 0) is 24.6 Å². The molecule has 0 heterocycles. The van der Waals surface area contributed by atoms with Crippen molar-refractivity contribution < 1.29 is 54.0 Å². The highest BCUT2D eigenvalue weighted by molar-refractivity contribution is 5.97. The molecule has 0 bridgehead atoms. The predicted molar refractivity (Wildman–Crippen MR) is 134 cm³/mol. The largest absolute Gasteiger partial charge is 0.508 e. The Hall–Kier alpha value is -4.77. The standard InChI is InChI=1S/C23H32N6O11/c1-10(30)19(29-21(37)14(7-16(25)32)26-17(33)9-24)22(38)27-13(6-11-2-4-12(31)5-3-11)20(36)28-15(23(39)40)8-18(34)35/h2-5,10,13-15,19,30-31H,6-9,24H2,1H3,(H2,25,32)(H,26,33)(H,27,38)(H,28,36)(H,29,37)(H,34,35)(H,39,40)/t10-,13+,14+,15+,19+/m1/s1. The number of carboxylic acids is 2. The summed E-state index contributed by atoms with van der Waals surface area (Å²) in [6.07, 6.45) is -3.50. The van der Waals surface area contributed by atoms with Gasteiger partial charge in [0.2, 0.25) is 29.5 Å². The number of hydrogen-bond acceptors (Lipinski definition) is 10. The van der Waals surface area contributed by atoms with E-state index in [0.717, 1.165) is 6.92 Å². The number of carboxylic acid groups (broad SMARTS) is 2. The molecule has 5 atom stereocenters. The molecule has 0 spiro atoms. The van der Waals surface area contributed by atoms with Crippen molar-refractivity contribution in [1.29, 1.82) is 0 Å². The lowest BCUT2D eigenvalue weighted by atomic mass is 10.0. The Morgan fingerprint density at radius 3 is 1.82 bits per heavy atom. The van der Waals surface area contributed by atoms with Gasteiger partial charge in [-0.2, -0.15) is 0 Å². The maximum Gasteiger partial charge on any atom is 0.326 e. The van der Waals surface area contributed by atoms with E-state index in [9.17, 15) is 48.9 Å². The lowest BCUT2D eigenvalue weighted by molar-refractivity contribution is -0.147. The number of hydrogen-bond donors (Lipinski definition) is 10. The van der Waals surface area contributed by atoms with E-state index in [1.807, 2.05) is 5.32 Å². The van der Waals surface area contributed by atoms with Crippen molar-refractivity contribution in [3.63, 3.8) is 0 Å². The van der Waals surface area contributed by atoms with Crippen LogP contribution in [0, 0.1) is 0 Å².